The third-order valence-corrected chi connectivity index (χ3v) is 8.36. The van der Waals surface area contributed by atoms with E-state index in [0.29, 0.717) is 17.5 Å². The van der Waals surface area contributed by atoms with Crippen LogP contribution in [0, 0.1) is 0 Å². The number of hydrogen-bond donors (Lipinski definition) is 0. The van der Waals surface area contributed by atoms with Crippen LogP contribution in [0.25, 0.3) is 88.9 Å². The van der Waals surface area contributed by atoms with Gasteiger partial charge in [-0.2, -0.15) is 0 Å². The molecule has 0 atom stereocenters. The number of rotatable bonds is 4. The summed E-state index contributed by atoms with van der Waals surface area (Å²) in [6, 6.07) is 47.4. The predicted octanol–water partition coefficient (Wildman–Crippen LogP) is 10.1. The van der Waals surface area contributed by atoms with E-state index in [9.17, 15) is 0 Å². The van der Waals surface area contributed by atoms with Crippen LogP contribution < -0.4 is 0 Å². The summed E-state index contributed by atoms with van der Waals surface area (Å²) in [5.41, 5.74) is 7.28. The summed E-state index contributed by atoms with van der Waals surface area (Å²) < 4.78 is 6.56. The first-order valence-corrected chi connectivity index (χ1v) is 14.9. The summed E-state index contributed by atoms with van der Waals surface area (Å²) in [4.78, 5) is 19.8. The highest BCUT2D eigenvalue weighted by Gasteiger charge is 2.20. The molecule has 9 rings (SSSR count). The fourth-order valence-corrected chi connectivity index (χ4v) is 6.24. The second-order valence-electron chi connectivity index (χ2n) is 11.1. The lowest BCUT2D eigenvalue weighted by Gasteiger charge is -2.13. The Morgan fingerprint density at radius 1 is 0.400 bits per heavy atom. The third-order valence-electron chi connectivity index (χ3n) is 8.36. The van der Waals surface area contributed by atoms with Crippen LogP contribution in [0.1, 0.15) is 0 Å². The fourth-order valence-electron chi connectivity index (χ4n) is 6.24. The van der Waals surface area contributed by atoms with Crippen molar-refractivity contribution in [2.45, 2.75) is 0 Å². The van der Waals surface area contributed by atoms with Gasteiger partial charge < -0.3 is 4.42 Å². The summed E-state index contributed by atoms with van der Waals surface area (Å²) in [5, 5.41) is 5.49. The van der Waals surface area contributed by atoms with Crippen molar-refractivity contribution in [1.82, 2.24) is 19.9 Å². The monoisotopic (exact) mass is 576 g/mol. The Balaban J connectivity index is 1.38. The van der Waals surface area contributed by atoms with Gasteiger partial charge in [-0.1, -0.05) is 109 Å². The second-order valence-corrected chi connectivity index (χ2v) is 11.1. The highest BCUT2D eigenvalue weighted by atomic mass is 16.3. The molecular weight excluding hydrogens is 552 g/mol. The first-order chi connectivity index (χ1) is 22.3. The lowest BCUT2D eigenvalue weighted by molar-refractivity contribution is 0.669. The van der Waals surface area contributed by atoms with Gasteiger partial charge in [-0.15, -0.1) is 0 Å². The Hall–Kier alpha value is -6.20. The molecule has 0 saturated heterocycles. The summed E-state index contributed by atoms with van der Waals surface area (Å²) in [6.45, 7) is 0. The highest BCUT2D eigenvalue weighted by Crippen LogP contribution is 2.42. The van der Waals surface area contributed by atoms with Crippen LogP contribution in [0.15, 0.2) is 150 Å². The molecule has 0 spiro atoms. The molecule has 0 bridgehead atoms. The molecule has 9 aromatic rings. The molecule has 5 nitrogen and oxygen atoms in total. The maximum atomic E-state index is 6.56. The van der Waals surface area contributed by atoms with Crippen LogP contribution in [-0.2, 0) is 0 Å². The molecule has 3 heterocycles. The molecule has 6 aromatic carbocycles. The topological polar surface area (TPSA) is 64.7 Å². The molecule has 0 unspecified atom stereocenters. The smallest absolute Gasteiger partial charge is 0.167 e. The van der Waals surface area contributed by atoms with Gasteiger partial charge in [-0.3, -0.25) is 4.98 Å². The van der Waals surface area contributed by atoms with Crippen molar-refractivity contribution in [1.29, 1.82) is 0 Å². The van der Waals surface area contributed by atoms with Crippen LogP contribution in [-0.4, -0.2) is 19.9 Å². The van der Waals surface area contributed by atoms with Crippen molar-refractivity contribution in [3.8, 4) is 45.3 Å². The average Bonchev–Trinajstić information content (AvgIpc) is 3.50. The van der Waals surface area contributed by atoms with Crippen LogP contribution in [0.2, 0.25) is 0 Å². The molecule has 0 aliphatic heterocycles. The normalized spacial score (nSPS) is 11.6. The Bertz CT molecular complexity index is 2480. The van der Waals surface area contributed by atoms with Gasteiger partial charge in [0.2, 0.25) is 0 Å². The predicted molar refractivity (Wildman–Crippen MR) is 182 cm³/mol. The van der Waals surface area contributed by atoms with Crippen molar-refractivity contribution >= 4 is 43.6 Å². The summed E-state index contributed by atoms with van der Waals surface area (Å²) in [6.07, 6.45) is 1.85. The van der Waals surface area contributed by atoms with E-state index in [1.165, 1.54) is 0 Å². The molecule has 45 heavy (non-hydrogen) atoms. The van der Waals surface area contributed by atoms with Crippen molar-refractivity contribution in [2.24, 2.45) is 0 Å². The number of nitrogens with zero attached hydrogens (tertiary/aromatic N) is 4. The molecule has 0 fully saturated rings. The van der Waals surface area contributed by atoms with Crippen molar-refractivity contribution in [3.63, 3.8) is 0 Å². The maximum Gasteiger partial charge on any atom is 0.167 e. The molecule has 0 aliphatic rings. The van der Waals surface area contributed by atoms with Crippen LogP contribution in [0.4, 0.5) is 0 Å². The van der Waals surface area contributed by atoms with Crippen LogP contribution in [0.5, 0.6) is 0 Å². The zero-order chi connectivity index (χ0) is 29.7. The second kappa shape index (κ2) is 10.2. The van der Waals surface area contributed by atoms with E-state index >= 15 is 0 Å². The van der Waals surface area contributed by atoms with E-state index in [-0.39, 0.29) is 0 Å². The quantitative estimate of drug-likeness (QED) is 0.195. The number of fused-ring (bicyclic) bond motifs is 6. The zero-order valence-electron chi connectivity index (χ0n) is 24.1. The number of para-hydroxylation sites is 1. The molecule has 5 heteroatoms. The standard InChI is InChI=1S/C40H24N4O/c1-3-12-25(13-4-1)38-42-39(26-14-5-2-6-15-26)44-40(43-38)34-23-27(22-33-31-18-9-10-20-36(31)45-37(33)34)32-24-35-30(19-11-21-41-35)28-16-7-8-17-29(28)32/h1-24H. The third kappa shape index (κ3) is 4.25. The van der Waals surface area contributed by atoms with Gasteiger partial charge in [-0.25, -0.2) is 15.0 Å². The number of pyridine rings is 1. The van der Waals surface area contributed by atoms with Gasteiger partial charge in [0.15, 0.2) is 17.5 Å². The van der Waals surface area contributed by atoms with Gasteiger partial charge in [0.05, 0.1) is 11.1 Å². The van der Waals surface area contributed by atoms with Gasteiger partial charge >= 0.3 is 0 Å². The lowest BCUT2D eigenvalue weighted by atomic mass is 9.93. The Morgan fingerprint density at radius 2 is 1.00 bits per heavy atom. The summed E-state index contributed by atoms with van der Waals surface area (Å²) in [5.74, 6) is 1.76. The number of furan rings is 1. The minimum atomic E-state index is 0.553. The number of benzene rings is 6. The summed E-state index contributed by atoms with van der Waals surface area (Å²) >= 11 is 0. The molecule has 0 saturated carbocycles. The van der Waals surface area contributed by atoms with E-state index < -0.39 is 0 Å². The minimum absolute atomic E-state index is 0.553. The van der Waals surface area contributed by atoms with Crippen molar-refractivity contribution < 1.29 is 4.42 Å². The molecular formula is C40H24N4O. The molecule has 0 amide bonds. The molecule has 0 aliphatic carbocycles. The number of hydrogen-bond acceptors (Lipinski definition) is 5. The molecule has 3 aromatic heterocycles. The zero-order valence-corrected chi connectivity index (χ0v) is 24.1. The lowest BCUT2D eigenvalue weighted by Crippen LogP contribution is -2.00. The van der Waals surface area contributed by atoms with E-state index in [1.807, 2.05) is 91.1 Å². The van der Waals surface area contributed by atoms with E-state index in [1.54, 1.807) is 0 Å². The van der Waals surface area contributed by atoms with Gasteiger partial charge in [0.1, 0.15) is 11.2 Å². The number of aromatic nitrogens is 4. The van der Waals surface area contributed by atoms with Crippen LogP contribution >= 0.6 is 0 Å². The maximum absolute atomic E-state index is 6.56. The molecule has 0 N–H and O–H groups in total. The minimum Gasteiger partial charge on any atom is -0.455 e. The first-order valence-electron chi connectivity index (χ1n) is 14.9. The van der Waals surface area contributed by atoms with Crippen molar-refractivity contribution in [2.75, 3.05) is 0 Å². The fraction of sp³-hybridized carbons (Fsp3) is 0. The van der Waals surface area contributed by atoms with Crippen molar-refractivity contribution in [3.05, 3.63) is 146 Å². The molecule has 210 valence electrons. The highest BCUT2D eigenvalue weighted by molar-refractivity contribution is 6.15. The van der Waals surface area contributed by atoms with Gasteiger partial charge in [0.25, 0.3) is 0 Å². The largest absolute Gasteiger partial charge is 0.455 e. The van der Waals surface area contributed by atoms with E-state index in [2.05, 4.69) is 54.6 Å². The van der Waals surface area contributed by atoms with E-state index in [4.69, 9.17) is 24.4 Å². The average molecular weight is 577 g/mol. The van der Waals surface area contributed by atoms with Crippen LogP contribution in [0.3, 0.4) is 0 Å². The van der Waals surface area contributed by atoms with Gasteiger partial charge in [-0.05, 0) is 52.2 Å². The SMILES string of the molecule is c1ccc(-c2nc(-c3ccccc3)nc(-c3cc(-c4cc5ncccc5c5ccccc45)cc4c3oc3ccccc34)n2)cc1. The Morgan fingerprint density at radius 3 is 1.73 bits per heavy atom. The van der Waals surface area contributed by atoms with Gasteiger partial charge in [0, 0.05) is 33.5 Å². The Kier molecular flexibility index (Phi) is 5.74. The first kappa shape index (κ1) is 25.3. The van der Waals surface area contributed by atoms with E-state index in [0.717, 1.165) is 71.4 Å². The Labute approximate surface area is 258 Å². The summed E-state index contributed by atoms with van der Waals surface area (Å²) in [7, 11) is 0. The molecule has 0 radical (unpaired) electrons.